The van der Waals surface area contributed by atoms with Crippen molar-refractivity contribution in [1.29, 1.82) is 0 Å². The van der Waals surface area contributed by atoms with Crippen molar-refractivity contribution in [2.24, 2.45) is 5.92 Å². The maximum atomic E-state index is 12.0. The molecule has 0 radical (unpaired) electrons. The van der Waals surface area contributed by atoms with E-state index in [1.807, 2.05) is 20.2 Å². The molecule has 0 spiro atoms. The number of hydrogen-bond acceptors (Lipinski definition) is 2. The Morgan fingerprint density at radius 2 is 1.67 bits per heavy atom. The molecule has 0 saturated carbocycles. The Morgan fingerprint density at radius 1 is 0.933 bits per heavy atom. The van der Waals surface area contributed by atoms with Gasteiger partial charge in [0.25, 0.3) is 0 Å². The second-order valence-corrected chi connectivity index (χ2v) is 8.38. The van der Waals surface area contributed by atoms with Crippen LogP contribution in [0.1, 0.15) is 29.5 Å². The SMILES string of the molecule is CN(C)C(=O)C[C@H]1CCc2cc(OCc3ccc(-c4ccccc4)cc3)ccc2C1. The van der Waals surface area contributed by atoms with Crippen molar-refractivity contribution in [2.45, 2.75) is 32.3 Å². The molecule has 0 aliphatic heterocycles. The fraction of sp³-hybridized carbons (Fsp3) is 0.296. The molecule has 4 rings (SSSR count). The second kappa shape index (κ2) is 9.17. The van der Waals surface area contributed by atoms with Crippen LogP contribution < -0.4 is 4.74 Å². The highest BCUT2D eigenvalue weighted by molar-refractivity contribution is 5.75. The van der Waals surface area contributed by atoms with E-state index in [9.17, 15) is 4.79 Å². The molecule has 0 unspecified atom stereocenters. The Bertz CT molecular complexity index is 993. The van der Waals surface area contributed by atoms with E-state index < -0.39 is 0 Å². The standard InChI is InChI=1S/C27H29NO2/c1-28(2)27(29)17-21-10-13-25-18-26(15-14-24(25)16-21)30-19-20-8-11-23(12-9-20)22-6-4-3-5-7-22/h3-9,11-12,14-15,18,21H,10,13,16-17,19H2,1-2H3/t21-/m0/s1. The van der Waals surface area contributed by atoms with Crippen molar-refractivity contribution in [2.75, 3.05) is 14.1 Å². The van der Waals surface area contributed by atoms with Crippen LogP contribution in [-0.2, 0) is 24.2 Å². The molecule has 0 fully saturated rings. The molecule has 0 N–H and O–H groups in total. The lowest BCUT2D eigenvalue weighted by Crippen LogP contribution is -2.26. The third-order valence-corrected chi connectivity index (χ3v) is 5.94. The predicted molar refractivity (Wildman–Crippen MR) is 121 cm³/mol. The number of hydrogen-bond donors (Lipinski definition) is 0. The average Bonchev–Trinajstić information content (AvgIpc) is 2.78. The summed E-state index contributed by atoms with van der Waals surface area (Å²) in [5.41, 5.74) is 6.33. The number of rotatable bonds is 6. The minimum absolute atomic E-state index is 0.224. The molecule has 1 aliphatic carbocycles. The largest absolute Gasteiger partial charge is 0.489 e. The maximum absolute atomic E-state index is 12.0. The molecule has 154 valence electrons. The molecule has 3 aromatic rings. The first kappa shape index (κ1) is 20.2. The zero-order chi connectivity index (χ0) is 20.9. The van der Waals surface area contributed by atoms with E-state index in [2.05, 4.69) is 66.7 Å². The molecule has 0 bridgehead atoms. The van der Waals surface area contributed by atoms with Crippen molar-refractivity contribution in [3.63, 3.8) is 0 Å². The quantitative estimate of drug-likeness (QED) is 0.546. The molecule has 1 aliphatic rings. The number of carbonyl (C=O) groups is 1. The maximum Gasteiger partial charge on any atom is 0.222 e. The topological polar surface area (TPSA) is 29.5 Å². The average molecular weight is 400 g/mol. The summed E-state index contributed by atoms with van der Waals surface area (Å²) in [6.45, 7) is 0.563. The summed E-state index contributed by atoms with van der Waals surface area (Å²) < 4.78 is 6.07. The molecule has 0 heterocycles. The monoisotopic (exact) mass is 399 g/mol. The Morgan fingerprint density at radius 3 is 2.40 bits per heavy atom. The van der Waals surface area contributed by atoms with Gasteiger partial charge in [0.2, 0.25) is 5.91 Å². The first-order chi connectivity index (χ1) is 14.6. The highest BCUT2D eigenvalue weighted by atomic mass is 16.5. The van der Waals surface area contributed by atoms with Crippen molar-refractivity contribution >= 4 is 5.91 Å². The van der Waals surface area contributed by atoms with E-state index >= 15 is 0 Å². The Balaban J connectivity index is 1.35. The highest BCUT2D eigenvalue weighted by Crippen LogP contribution is 2.31. The predicted octanol–water partition coefficient (Wildman–Crippen LogP) is 5.52. The Labute approximate surface area is 179 Å². The van der Waals surface area contributed by atoms with Gasteiger partial charge in [-0.25, -0.2) is 0 Å². The van der Waals surface area contributed by atoms with E-state index in [0.717, 1.165) is 30.6 Å². The molecule has 1 amide bonds. The molecular formula is C27H29NO2. The van der Waals surface area contributed by atoms with Gasteiger partial charge in [-0.05, 0) is 65.1 Å². The number of fused-ring (bicyclic) bond motifs is 1. The third-order valence-electron chi connectivity index (χ3n) is 5.94. The van der Waals surface area contributed by atoms with Gasteiger partial charge in [-0.1, -0.05) is 60.7 Å². The molecule has 0 aromatic heterocycles. The van der Waals surface area contributed by atoms with Crippen molar-refractivity contribution in [3.8, 4) is 16.9 Å². The molecule has 1 atom stereocenters. The first-order valence-electron chi connectivity index (χ1n) is 10.7. The van der Waals surface area contributed by atoms with Crippen LogP contribution in [-0.4, -0.2) is 24.9 Å². The third kappa shape index (κ3) is 4.91. The van der Waals surface area contributed by atoms with Gasteiger partial charge in [0.15, 0.2) is 0 Å². The van der Waals surface area contributed by atoms with E-state index in [4.69, 9.17) is 4.74 Å². The van der Waals surface area contributed by atoms with Crippen LogP contribution >= 0.6 is 0 Å². The van der Waals surface area contributed by atoms with Gasteiger partial charge in [0, 0.05) is 20.5 Å². The summed E-state index contributed by atoms with van der Waals surface area (Å²) in [5.74, 6) is 1.59. The Hall–Kier alpha value is -3.07. The summed E-state index contributed by atoms with van der Waals surface area (Å²) in [6.07, 6.45) is 3.71. The fourth-order valence-corrected chi connectivity index (χ4v) is 4.09. The summed E-state index contributed by atoms with van der Waals surface area (Å²) >= 11 is 0. The van der Waals surface area contributed by atoms with Gasteiger partial charge < -0.3 is 9.64 Å². The van der Waals surface area contributed by atoms with E-state index in [1.165, 1.54) is 22.3 Å². The number of aryl methyl sites for hydroxylation is 1. The molecule has 3 aromatic carbocycles. The zero-order valence-corrected chi connectivity index (χ0v) is 17.8. The smallest absolute Gasteiger partial charge is 0.222 e. The minimum Gasteiger partial charge on any atom is -0.489 e. The Kier molecular flexibility index (Phi) is 6.18. The van der Waals surface area contributed by atoms with Crippen LogP contribution in [0.3, 0.4) is 0 Å². The van der Waals surface area contributed by atoms with Crippen molar-refractivity contribution in [3.05, 3.63) is 89.5 Å². The number of carbonyl (C=O) groups excluding carboxylic acids is 1. The highest BCUT2D eigenvalue weighted by Gasteiger charge is 2.22. The fourth-order valence-electron chi connectivity index (χ4n) is 4.09. The molecule has 3 nitrogen and oxygen atoms in total. The van der Waals surface area contributed by atoms with Gasteiger partial charge in [0.1, 0.15) is 12.4 Å². The molecule has 3 heteroatoms. The number of ether oxygens (including phenoxy) is 1. The van der Waals surface area contributed by atoms with Crippen LogP contribution in [0.5, 0.6) is 5.75 Å². The van der Waals surface area contributed by atoms with Gasteiger partial charge in [0.05, 0.1) is 0 Å². The number of nitrogens with zero attached hydrogens (tertiary/aromatic N) is 1. The lowest BCUT2D eigenvalue weighted by atomic mass is 9.82. The lowest BCUT2D eigenvalue weighted by molar-refractivity contribution is -0.129. The number of amides is 1. The van der Waals surface area contributed by atoms with E-state index in [0.29, 0.717) is 18.9 Å². The minimum atomic E-state index is 0.224. The second-order valence-electron chi connectivity index (χ2n) is 8.38. The van der Waals surface area contributed by atoms with Gasteiger partial charge in [-0.3, -0.25) is 4.79 Å². The van der Waals surface area contributed by atoms with E-state index in [1.54, 1.807) is 4.90 Å². The van der Waals surface area contributed by atoms with Crippen LogP contribution in [0, 0.1) is 5.92 Å². The van der Waals surface area contributed by atoms with Gasteiger partial charge >= 0.3 is 0 Å². The van der Waals surface area contributed by atoms with Gasteiger partial charge in [-0.2, -0.15) is 0 Å². The van der Waals surface area contributed by atoms with Crippen LogP contribution in [0.2, 0.25) is 0 Å². The summed E-state index contributed by atoms with van der Waals surface area (Å²) in [6, 6.07) is 25.4. The molecule has 0 saturated heterocycles. The normalized spacial score (nSPS) is 15.3. The summed E-state index contributed by atoms with van der Waals surface area (Å²) in [7, 11) is 3.66. The lowest BCUT2D eigenvalue weighted by Gasteiger charge is -2.25. The zero-order valence-electron chi connectivity index (χ0n) is 17.8. The first-order valence-corrected chi connectivity index (χ1v) is 10.7. The van der Waals surface area contributed by atoms with E-state index in [-0.39, 0.29) is 5.91 Å². The molecule has 30 heavy (non-hydrogen) atoms. The number of benzene rings is 3. The van der Waals surface area contributed by atoms with Crippen LogP contribution in [0.4, 0.5) is 0 Å². The summed E-state index contributed by atoms with van der Waals surface area (Å²) in [5, 5.41) is 0. The van der Waals surface area contributed by atoms with Crippen LogP contribution in [0.15, 0.2) is 72.8 Å². The van der Waals surface area contributed by atoms with Gasteiger partial charge in [-0.15, -0.1) is 0 Å². The molecular weight excluding hydrogens is 370 g/mol. The summed E-state index contributed by atoms with van der Waals surface area (Å²) in [4.78, 5) is 13.7. The van der Waals surface area contributed by atoms with Crippen LogP contribution in [0.25, 0.3) is 11.1 Å². The van der Waals surface area contributed by atoms with Crippen molar-refractivity contribution < 1.29 is 9.53 Å². The van der Waals surface area contributed by atoms with Crippen molar-refractivity contribution in [1.82, 2.24) is 4.90 Å².